The van der Waals surface area contributed by atoms with Crippen LogP contribution in [0.2, 0.25) is 0 Å². The quantitative estimate of drug-likeness (QED) is 0.195. The first kappa shape index (κ1) is 21.3. The fourth-order valence-electron chi connectivity index (χ4n) is 4.00. The van der Waals surface area contributed by atoms with Gasteiger partial charge in [0.25, 0.3) is 0 Å². The van der Waals surface area contributed by atoms with Crippen LogP contribution in [0, 0.1) is 11.3 Å². The van der Waals surface area contributed by atoms with Crippen LogP contribution in [0.3, 0.4) is 0 Å². The van der Waals surface area contributed by atoms with Gasteiger partial charge in [-0.25, -0.2) is 9.59 Å². The van der Waals surface area contributed by atoms with Crippen molar-refractivity contribution in [2.45, 2.75) is 32.2 Å². The van der Waals surface area contributed by atoms with Gasteiger partial charge in [0.05, 0.1) is 5.57 Å². The van der Waals surface area contributed by atoms with Crippen molar-refractivity contribution < 1.29 is 13.9 Å². The minimum Gasteiger partial charge on any atom is -0.423 e. The molecule has 0 saturated heterocycles. The van der Waals surface area contributed by atoms with Gasteiger partial charge < -0.3 is 13.7 Å². The minimum absolute atomic E-state index is 0.179. The van der Waals surface area contributed by atoms with Crippen molar-refractivity contribution in [1.82, 2.24) is 14.8 Å². The number of nitrogens with zero attached hydrogens (tertiary/aromatic N) is 4. The number of aryl methyl sites for hydroxylation is 1. The van der Waals surface area contributed by atoms with Crippen LogP contribution in [0.25, 0.3) is 22.6 Å². The van der Waals surface area contributed by atoms with Gasteiger partial charge in [-0.2, -0.15) is 5.26 Å². The van der Waals surface area contributed by atoms with Crippen molar-refractivity contribution in [1.29, 1.82) is 5.26 Å². The van der Waals surface area contributed by atoms with Gasteiger partial charge >= 0.3 is 11.6 Å². The van der Waals surface area contributed by atoms with Crippen LogP contribution in [0.15, 0.2) is 63.8 Å². The SMILES string of the molecule is N#CC(=Cc1ccc(OC(=O)c2cc3ccccc3oc2=O)cc1)c1nnc2n1CCCCC2. The maximum Gasteiger partial charge on any atom is 0.351 e. The number of carbonyl (C=O) groups is 1. The molecule has 0 N–H and O–H groups in total. The van der Waals surface area contributed by atoms with E-state index in [0.717, 1.165) is 43.6 Å². The van der Waals surface area contributed by atoms with E-state index in [0.29, 0.717) is 22.4 Å². The highest BCUT2D eigenvalue weighted by Gasteiger charge is 2.18. The largest absolute Gasteiger partial charge is 0.423 e. The van der Waals surface area contributed by atoms with Gasteiger partial charge in [0, 0.05) is 18.4 Å². The molecule has 8 nitrogen and oxygen atoms in total. The zero-order chi connectivity index (χ0) is 23.5. The maximum atomic E-state index is 12.6. The highest BCUT2D eigenvalue weighted by atomic mass is 16.5. The summed E-state index contributed by atoms with van der Waals surface area (Å²) in [5, 5.41) is 18.9. The number of carbonyl (C=O) groups excluding carboxylic acids is 1. The van der Waals surface area contributed by atoms with Crippen molar-refractivity contribution in [2.75, 3.05) is 0 Å². The Morgan fingerprint density at radius 1 is 1.09 bits per heavy atom. The Kier molecular flexibility index (Phi) is 5.75. The molecular weight excluding hydrogens is 432 g/mol. The van der Waals surface area contributed by atoms with E-state index in [4.69, 9.17) is 9.15 Å². The summed E-state index contributed by atoms with van der Waals surface area (Å²) < 4.78 is 12.6. The average molecular weight is 452 g/mol. The van der Waals surface area contributed by atoms with Crippen LogP contribution >= 0.6 is 0 Å². The first-order valence-electron chi connectivity index (χ1n) is 11.0. The Balaban J connectivity index is 1.36. The third-order valence-corrected chi connectivity index (χ3v) is 5.73. The molecule has 1 aliphatic rings. The molecule has 0 bridgehead atoms. The third-order valence-electron chi connectivity index (χ3n) is 5.73. The predicted octanol–water partition coefficient (Wildman–Crippen LogP) is 4.39. The minimum atomic E-state index is -0.799. The smallest absolute Gasteiger partial charge is 0.351 e. The van der Waals surface area contributed by atoms with E-state index in [1.807, 2.05) is 4.57 Å². The van der Waals surface area contributed by atoms with Crippen LogP contribution in [-0.2, 0) is 13.0 Å². The lowest BCUT2D eigenvalue weighted by Gasteiger charge is -2.07. The molecule has 0 saturated carbocycles. The van der Waals surface area contributed by atoms with E-state index in [-0.39, 0.29) is 11.3 Å². The van der Waals surface area contributed by atoms with Crippen molar-refractivity contribution in [3.05, 3.63) is 87.8 Å². The van der Waals surface area contributed by atoms with Gasteiger partial charge in [-0.05, 0) is 48.7 Å². The molecular formula is C26H20N4O4. The fourth-order valence-corrected chi connectivity index (χ4v) is 4.00. The van der Waals surface area contributed by atoms with Crippen molar-refractivity contribution in [3.63, 3.8) is 0 Å². The summed E-state index contributed by atoms with van der Waals surface area (Å²) in [4.78, 5) is 24.7. The Hall–Kier alpha value is -4.51. The van der Waals surface area contributed by atoms with E-state index < -0.39 is 11.6 Å². The highest BCUT2D eigenvalue weighted by Crippen LogP contribution is 2.23. The molecule has 0 amide bonds. The second kappa shape index (κ2) is 9.16. The van der Waals surface area contributed by atoms with E-state index >= 15 is 0 Å². The number of allylic oxidation sites excluding steroid dienone is 1. The summed E-state index contributed by atoms with van der Waals surface area (Å²) in [5.74, 6) is 0.947. The Labute approximate surface area is 194 Å². The molecule has 0 atom stereocenters. The molecule has 0 fully saturated rings. The van der Waals surface area contributed by atoms with Crippen LogP contribution in [-0.4, -0.2) is 20.7 Å². The van der Waals surface area contributed by atoms with Gasteiger partial charge in [0.15, 0.2) is 5.82 Å². The molecule has 168 valence electrons. The number of aromatic nitrogens is 3. The lowest BCUT2D eigenvalue weighted by molar-refractivity contribution is 0.0730. The molecule has 2 aromatic carbocycles. The number of esters is 1. The number of nitriles is 1. The number of fused-ring (bicyclic) bond motifs is 2. The highest BCUT2D eigenvalue weighted by molar-refractivity contribution is 5.94. The van der Waals surface area contributed by atoms with E-state index in [9.17, 15) is 14.9 Å². The number of para-hydroxylation sites is 1. The number of rotatable bonds is 4. The van der Waals surface area contributed by atoms with Crippen LogP contribution in [0.4, 0.5) is 0 Å². The lowest BCUT2D eigenvalue weighted by Crippen LogP contribution is -2.18. The van der Waals surface area contributed by atoms with Crippen LogP contribution in [0.1, 0.15) is 46.8 Å². The molecule has 8 heteroatoms. The molecule has 34 heavy (non-hydrogen) atoms. The zero-order valence-corrected chi connectivity index (χ0v) is 18.2. The summed E-state index contributed by atoms with van der Waals surface area (Å²) in [6, 6.07) is 17.3. The molecule has 0 spiro atoms. The maximum absolute atomic E-state index is 12.6. The average Bonchev–Trinajstić information content (AvgIpc) is 3.10. The zero-order valence-electron chi connectivity index (χ0n) is 18.2. The van der Waals surface area contributed by atoms with Gasteiger partial charge in [0.1, 0.15) is 28.8 Å². The molecule has 3 heterocycles. The Bertz CT molecular complexity index is 1510. The molecule has 0 unspecified atom stereocenters. The van der Waals surface area contributed by atoms with Crippen molar-refractivity contribution in [2.24, 2.45) is 0 Å². The summed E-state index contributed by atoms with van der Waals surface area (Å²) in [6.07, 6.45) is 5.83. The summed E-state index contributed by atoms with van der Waals surface area (Å²) in [7, 11) is 0. The van der Waals surface area contributed by atoms with Gasteiger partial charge in [-0.3, -0.25) is 0 Å². The van der Waals surface area contributed by atoms with E-state index in [2.05, 4.69) is 16.3 Å². The molecule has 0 aliphatic carbocycles. The number of ether oxygens (including phenoxy) is 1. The molecule has 2 aromatic heterocycles. The van der Waals surface area contributed by atoms with Crippen LogP contribution < -0.4 is 10.4 Å². The molecule has 0 radical (unpaired) electrons. The second-order valence-electron chi connectivity index (χ2n) is 8.02. The number of hydrogen-bond donors (Lipinski definition) is 0. The van der Waals surface area contributed by atoms with Crippen LogP contribution in [0.5, 0.6) is 5.75 Å². The Morgan fingerprint density at radius 3 is 2.74 bits per heavy atom. The van der Waals surface area contributed by atoms with Gasteiger partial charge in [0.2, 0.25) is 0 Å². The standard InChI is InChI=1S/C26H20N4O4/c27-16-19(24-29-28-23-8-2-1-5-13-30(23)24)14-17-9-11-20(12-10-17)33-25(31)21-15-18-6-3-4-7-22(18)34-26(21)32/h3-4,6-7,9-12,14-15H,1-2,5,8,13H2. The third kappa shape index (κ3) is 4.24. The predicted molar refractivity (Wildman–Crippen MR) is 125 cm³/mol. The van der Waals surface area contributed by atoms with Gasteiger partial charge in [-0.15, -0.1) is 10.2 Å². The van der Waals surface area contributed by atoms with Crippen molar-refractivity contribution >= 4 is 28.6 Å². The first-order chi connectivity index (χ1) is 16.6. The van der Waals surface area contributed by atoms with Crippen molar-refractivity contribution in [3.8, 4) is 11.8 Å². The fraction of sp³-hybridized carbons (Fsp3) is 0.192. The topological polar surface area (TPSA) is 111 Å². The van der Waals surface area contributed by atoms with E-state index in [1.54, 1.807) is 54.6 Å². The normalized spacial score (nSPS) is 13.7. The summed E-state index contributed by atoms with van der Waals surface area (Å²) in [5.41, 5.74) is 0.626. The molecule has 5 rings (SSSR count). The first-order valence-corrected chi connectivity index (χ1v) is 11.0. The summed E-state index contributed by atoms with van der Waals surface area (Å²) in [6.45, 7) is 0.800. The van der Waals surface area contributed by atoms with Gasteiger partial charge in [-0.1, -0.05) is 36.8 Å². The molecule has 4 aromatic rings. The summed E-state index contributed by atoms with van der Waals surface area (Å²) >= 11 is 0. The number of hydrogen-bond acceptors (Lipinski definition) is 7. The lowest BCUT2D eigenvalue weighted by atomic mass is 10.1. The van der Waals surface area contributed by atoms with E-state index in [1.165, 1.54) is 6.07 Å². The monoisotopic (exact) mass is 452 g/mol. The molecule has 1 aliphatic heterocycles. The number of benzene rings is 2. The Morgan fingerprint density at radius 2 is 1.91 bits per heavy atom. The second-order valence-corrected chi connectivity index (χ2v) is 8.02.